The lowest BCUT2D eigenvalue weighted by atomic mass is 10.00. The number of piperidine rings is 1. The summed E-state index contributed by atoms with van der Waals surface area (Å²) in [6, 6.07) is 5.53. The van der Waals surface area contributed by atoms with Crippen molar-refractivity contribution in [1.29, 1.82) is 0 Å². The van der Waals surface area contributed by atoms with Crippen LogP contribution in [0.15, 0.2) is 28.1 Å². The van der Waals surface area contributed by atoms with E-state index in [1.54, 1.807) is 14.2 Å². The molecule has 0 aliphatic carbocycles. The van der Waals surface area contributed by atoms with Crippen molar-refractivity contribution in [2.24, 2.45) is 10.9 Å². The third kappa shape index (κ3) is 3.59. The number of hydrogen-bond donors (Lipinski definition) is 0. The monoisotopic (exact) mass is 346 g/mol. The van der Waals surface area contributed by atoms with Crippen molar-refractivity contribution in [3.63, 3.8) is 0 Å². The summed E-state index contributed by atoms with van der Waals surface area (Å²) >= 11 is 1.45. The van der Waals surface area contributed by atoms with E-state index in [1.807, 2.05) is 24.3 Å². The molecule has 0 saturated carbocycles. The molecule has 2 aliphatic heterocycles. The van der Waals surface area contributed by atoms with Gasteiger partial charge in [-0.3, -0.25) is 4.79 Å². The molecule has 0 N–H and O–H groups in total. The van der Waals surface area contributed by atoms with Crippen LogP contribution < -0.4 is 9.47 Å². The first kappa shape index (κ1) is 16.9. The molecule has 2 heterocycles. The number of likely N-dealkylation sites (tertiary alicyclic amines) is 1. The van der Waals surface area contributed by atoms with Crippen LogP contribution >= 0.6 is 11.8 Å². The van der Waals surface area contributed by atoms with Gasteiger partial charge in [0.15, 0.2) is 5.17 Å². The fraction of sp³-hybridized carbons (Fsp3) is 0.444. The number of nitrogens with zero attached hydrogens (tertiary/aromatic N) is 2. The Kier molecular flexibility index (Phi) is 5.14. The van der Waals surface area contributed by atoms with E-state index in [1.165, 1.54) is 11.8 Å². The Bertz CT molecular complexity index is 692. The first-order chi connectivity index (χ1) is 11.6. The third-order valence-electron chi connectivity index (χ3n) is 4.39. The van der Waals surface area contributed by atoms with Crippen molar-refractivity contribution < 1.29 is 14.3 Å². The number of hydrogen-bond acceptors (Lipinski definition) is 5. The summed E-state index contributed by atoms with van der Waals surface area (Å²) < 4.78 is 10.6. The summed E-state index contributed by atoms with van der Waals surface area (Å²) in [5.41, 5.74) is 0.816. The maximum absolute atomic E-state index is 12.3. The second kappa shape index (κ2) is 7.30. The van der Waals surface area contributed by atoms with Gasteiger partial charge in [-0.05, 0) is 54.8 Å². The summed E-state index contributed by atoms with van der Waals surface area (Å²) in [5.74, 6) is 2.00. The Balaban J connectivity index is 1.79. The molecule has 1 fully saturated rings. The largest absolute Gasteiger partial charge is 0.497 e. The molecule has 0 unspecified atom stereocenters. The Labute approximate surface area is 146 Å². The van der Waals surface area contributed by atoms with E-state index in [9.17, 15) is 4.79 Å². The van der Waals surface area contributed by atoms with Crippen molar-refractivity contribution in [2.45, 2.75) is 19.8 Å². The molecule has 6 heteroatoms. The first-order valence-corrected chi connectivity index (χ1v) is 8.92. The number of thioether (sulfide) groups is 1. The number of methoxy groups -OCH3 is 2. The highest BCUT2D eigenvalue weighted by Crippen LogP contribution is 2.34. The van der Waals surface area contributed by atoms with Crippen LogP contribution in [0.4, 0.5) is 0 Å². The van der Waals surface area contributed by atoms with Gasteiger partial charge >= 0.3 is 0 Å². The molecule has 0 atom stereocenters. The number of benzene rings is 1. The summed E-state index contributed by atoms with van der Waals surface area (Å²) in [6.07, 6.45) is 4.13. The second-order valence-electron chi connectivity index (χ2n) is 6.09. The van der Waals surface area contributed by atoms with Gasteiger partial charge in [0.2, 0.25) is 0 Å². The van der Waals surface area contributed by atoms with Crippen LogP contribution in [0.2, 0.25) is 0 Å². The molecule has 3 rings (SSSR count). The van der Waals surface area contributed by atoms with E-state index in [2.05, 4.69) is 16.8 Å². The highest BCUT2D eigenvalue weighted by molar-refractivity contribution is 8.18. The molecule has 1 amide bonds. The maximum atomic E-state index is 12.3. The quantitative estimate of drug-likeness (QED) is 0.785. The van der Waals surface area contributed by atoms with Gasteiger partial charge in [0.25, 0.3) is 5.91 Å². The maximum Gasteiger partial charge on any atom is 0.286 e. The normalized spacial score (nSPS) is 20.5. The van der Waals surface area contributed by atoms with Crippen LogP contribution in [0.3, 0.4) is 0 Å². The Morgan fingerprint density at radius 2 is 2.00 bits per heavy atom. The van der Waals surface area contributed by atoms with Crippen LogP contribution in [-0.4, -0.2) is 43.3 Å². The second-order valence-corrected chi connectivity index (χ2v) is 7.10. The van der Waals surface area contributed by atoms with E-state index in [-0.39, 0.29) is 5.91 Å². The van der Waals surface area contributed by atoms with Crippen LogP contribution in [0, 0.1) is 5.92 Å². The molecule has 128 valence electrons. The van der Waals surface area contributed by atoms with Gasteiger partial charge in [-0.1, -0.05) is 6.92 Å². The zero-order valence-electron chi connectivity index (χ0n) is 14.2. The molecule has 0 aromatic heterocycles. The standard InChI is InChI=1S/C18H22N2O3S/c1-12-6-8-20(9-7-12)18-19-17(21)16(24-18)11-13-10-14(22-2)4-5-15(13)23-3/h4-5,10-12H,6-9H2,1-3H3. The Morgan fingerprint density at radius 1 is 1.25 bits per heavy atom. The van der Waals surface area contributed by atoms with Crippen LogP contribution in [-0.2, 0) is 4.79 Å². The molecule has 1 aromatic carbocycles. The predicted molar refractivity (Wildman–Crippen MR) is 97.5 cm³/mol. The molecule has 5 nitrogen and oxygen atoms in total. The number of amidine groups is 1. The van der Waals surface area contributed by atoms with Gasteiger partial charge in [0, 0.05) is 18.7 Å². The average molecular weight is 346 g/mol. The lowest BCUT2D eigenvalue weighted by Crippen LogP contribution is -2.35. The van der Waals surface area contributed by atoms with Crippen LogP contribution in [0.1, 0.15) is 25.3 Å². The van der Waals surface area contributed by atoms with Gasteiger partial charge in [-0.15, -0.1) is 0 Å². The Hall–Kier alpha value is -1.95. The van der Waals surface area contributed by atoms with Crippen molar-refractivity contribution in [2.75, 3.05) is 27.3 Å². The molecule has 1 saturated heterocycles. The van der Waals surface area contributed by atoms with Crippen molar-refractivity contribution in [3.05, 3.63) is 28.7 Å². The molecular formula is C18H22N2O3S. The summed E-state index contributed by atoms with van der Waals surface area (Å²) in [4.78, 5) is 19.3. The molecular weight excluding hydrogens is 324 g/mol. The van der Waals surface area contributed by atoms with Crippen LogP contribution in [0.25, 0.3) is 6.08 Å². The van der Waals surface area contributed by atoms with Gasteiger partial charge in [0.1, 0.15) is 11.5 Å². The van der Waals surface area contributed by atoms with E-state index < -0.39 is 0 Å². The number of carbonyl (C=O) groups excluding carboxylic acids is 1. The van der Waals surface area contributed by atoms with E-state index in [4.69, 9.17) is 9.47 Å². The molecule has 24 heavy (non-hydrogen) atoms. The number of carbonyl (C=O) groups is 1. The zero-order chi connectivity index (χ0) is 17.1. The summed E-state index contributed by atoms with van der Waals surface area (Å²) in [5, 5.41) is 0.819. The number of ether oxygens (including phenoxy) is 2. The molecule has 0 bridgehead atoms. The zero-order valence-corrected chi connectivity index (χ0v) is 15.1. The van der Waals surface area contributed by atoms with Gasteiger partial charge in [0.05, 0.1) is 19.1 Å². The van der Waals surface area contributed by atoms with Crippen LogP contribution in [0.5, 0.6) is 11.5 Å². The lowest BCUT2D eigenvalue weighted by Gasteiger charge is -2.30. The minimum Gasteiger partial charge on any atom is -0.497 e. The SMILES string of the molecule is COc1ccc(OC)c(C=C2SC(N3CCC(C)CC3)=NC2=O)c1. The molecule has 0 spiro atoms. The van der Waals surface area contributed by atoms with Crippen molar-refractivity contribution in [3.8, 4) is 11.5 Å². The minimum absolute atomic E-state index is 0.182. The summed E-state index contributed by atoms with van der Waals surface area (Å²) in [6.45, 7) is 4.21. The smallest absolute Gasteiger partial charge is 0.286 e. The lowest BCUT2D eigenvalue weighted by molar-refractivity contribution is -0.113. The topological polar surface area (TPSA) is 51.1 Å². The van der Waals surface area contributed by atoms with Crippen molar-refractivity contribution in [1.82, 2.24) is 4.90 Å². The number of rotatable bonds is 3. The van der Waals surface area contributed by atoms with Gasteiger partial charge in [-0.2, -0.15) is 4.99 Å². The molecule has 1 aromatic rings. The highest BCUT2D eigenvalue weighted by Gasteiger charge is 2.28. The molecule has 2 aliphatic rings. The van der Waals surface area contributed by atoms with Crippen molar-refractivity contribution >= 4 is 28.9 Å². The van der Waals surface area contributed by atoms with Gasteiger partial charge < -0.3 is 14.4 Å². The minimum atomic E-state index is -0.182. The molecule has 0 radical (unpaired) electrons. The fourth-order valence-corrected chi connectivity index (χ4v) is 3.78. The number of amides is 1. The highest BCUT2D eigenvalue weighted by atomic mass is 32.2. The average Bonchev–Trinajstić information content (AvgIpc) is 2.96. The van der Waals surface area contributed by atoms with E-state index in [0.29, 0.717) is 10.7 Å². The predicted octanol–water partition coefficient (Wildman–Crippen LogP) is 3.41. The Morgan fingerprint density at radius 3 is 2.67 bits per heavy atom. The first-order valence-electron chi connectivity index (χ1n) is 8.10. The fourth-order valence-electron chi connectivity index (χ4n) is 2.83. The van der Waals surface area contributed by atoms with E-state index >= 15 is 0 Å². The third-order valence-corrected chi connectivity index (χ3v) is 5.43. The van der Waals surface area contributed by atoms with E-state index in [0.717, 1.165) is 48.3 Å². The van der Waals surface area contributed by atoms with Gasteiger partial charge in [-0.25, -0.2) is 0 Å². The number of aliphatic imine (C=N–C) groups is 1. The summed E-state index contributed by atoms with van der Waals surface area (Å²) in [7, 11) is 3.23.